The van der Waals surface area contributed by atoms with E-state index >= 15 is 0 Å². The average molecular weight is 247 g/mol. The standard InChI is InChI=1S/C12H10FN3O2/c13-8-2-1-3-9(7(8)6-14)15-10-4-5-11(17)16-12(10)18/h1-3,10,15H,4-5H2,(H,16,17,18). The van der Waals surface area contributed by atoms with E-state index < -0.39 is 17.8 Å². The number of amides is 2. The number of anilines is 1. The Morgan fingerprint density at radius 2 is 2.22 bits per heavy atom. The fourth-order valence-corrected chi connectivity index (χ4v) is 1.78. The fraction of sp³-hybridized carbons (Fsp3) is 0.250. The second kappa shape index (κ2) is 4.84. The molecule has 1 aromatic carbocycles. The van der Waals surface area contributed by atoms with Crippen LogP contribution in [0.5, 0.6) is 0 Å². The molecular weight excluding hydrogens is 237 g/mol. The Kier molecular flexibility index (Phi) is 3.24. The second-order valence-electron chi connectivity index (χ2n) is 3.92. The number of nitrogens with one attached hydrogen (secondary N) is 2. The molecule has 1 aromatic rings. The summed E-state index contributed by atoms with van der Waals surface area (Å²) >= 11 is 0. The molecule has 2 N–H and O–H groups in total. The van der Waals surface area contributed by atoms with E-state index in [-0.39, 0.29) is 23.6 Å². The van der Waals surface area contributed by atoms with Crippen LogP contribution in [0.25, 0.3) is 0 Å². The number of benzene rings is 1. The third-order valence-corrected chi connectivity index (χ3v) is 2.69. The molecule has 1 aliphatic rings. The highest BCUT2D eigenvalue weighted by Gasteiger charge is 2.27. The molecule has 1 aliphatic heterocycles. The first kappa shape index (κ1) is 12.0. The summed E-state index contributed by atoms with van der Waals surface area (Å²) < 4.78 is 13.3. The van der Waals surface area contributed by atoms with Crippen molar-refractivity contribution in [1.29, 1.82) is 5.26 Å². The molecule has 0 aromatic heterocycles. The number of rotatable bonds is 2. The lowest BCUT2D eigenvalue weighted by atomic mass is 10.0. The van der Waals surface area contributed by atoms with Gasteiger partial charge in [-0.2, -0.15) is 5.26 Å². The molecule has 1 atom stereocenters. The minimum Gasteiger partial charge on any atom is -0.372 e. The first-order valence-corrected chi connectivity index (χ1v) is 5.40. The Morgan fingerprint density at radius 3 is 2.89 bits per heavy atom. The van der Waals surface area contributed by atoms with Crippen molar-refractivity contribution in [3.8, 4) is 6.07 Å². The Balaban J connectivity index is 2.20. The molecule has 1 heterocycles. The third-order valence-electron chi connectivity index (χ3n) is 2.69. The summed E-state index contributed by atoms with van der Waals surface area (Å²) in [5, 5.41) is 13.8. The Labute approximate surface area is 103 Å². The second-order valence-corrected chi connectivity index (χ2v) is 3.92. The molecule has 1 saturated heterocycles. The number of carbonyl (C=O) groups is 2. The maximum absolute atomic E-state index is 13.3. The summed E-state index contributed by atoms with van der Waals surface area (Å²) in [4.78, 5) is 22.5. The van der Waals surface area contributed by atoms with Gasteiger partial charge in [0.25, 0.3) is 0 Å². The van der Waals surface area contributed by atoms with Gasteiger partial charge in [0.15, 0.2) is 0 Å². The number of carbonyl (C=O) groups excluding carboxylic acids is 2. The van der Waals surface area contributed by atoms with Crippen molar-refractivity contribution < 1.29 is 14.0 Å². The predicted octanol–water partition coefficient (Wildman–Crippen LogP) is 0.914. The van der Waals surface area contributed by atoms with Crippen LogP contribution >= 0.6 is 0 Å². The number of hydrogen-bond acceptors (Lipinski definition) is 4. The van der Waals surface area contributed by atoms with Crippen molar-refractivity contribution in [3.63, 3.8) is 0 Å². The van der Waals surface area contributed by atoms with Crippen molar-refractivity contribution in [2.24, 2.45) is 0 Å². The van der Waals surface area contributed by atoms with Crippen LogP contribution in [0, 0.1) is 17.1 Å². The van der Waals surface area contributed by atoms with Crippen molar-refractivity contribution in [1.82, 2.24) is 5.32 Å². The van der Waals surface area contributed by atoms with E-state index in [2.05, 4.69) is 10.6 Å². The molecule has 6 heteroatoms. The zero-order valence-electron chi connectivity index (χ0n) is 9.37. The largest absolute Gasteiger partial charge is 0.372 e. The summed E-state index contributed by atoms with van der Waals surface area (Å²) in [5.41, 5.74) is 0.120. The fourth-order valence-electron chi connectivity index (χ4n) is 1.78. The number of hydrogen-bond donors (Lipinski definition) is 2. The minimum absolute atomic E-state index is 0.137. The highest BCUT2D eigenvalue weighted by atomic mass is 19.1. The van der Waals surface area contributed by atoms with E-state index in [4.69, 9.17) is 5.26 Å². The Hall–Kier alpha value is -2.42. The molecule has 92 valence electrons. The lowest BCUT2D eigenvalue weighted by Crippen LogP contribution is -2.47. The van der Waals surface area contributed by atoms with Gasteiger partial charge in [-0.1, -0.05) is 6.07 Å². The Bertz CT molecular complexity index is 551. The lowest BCUT2D eigenvalue weighted by Gasteiger charge is -2.23. The van der Waals surface area contributed by atoms with Crippen LogP contribution in [0.4, 0.5) is 10.1 Å². The van der Waals surface area contributed by atoms with Crippen LogP contribution in [-0.2, 0) is 9.59 Å². The van der Waals surface area contributed by atoms with Crippen LogP contribution in [0.1, 0.15) is 18.4 Å². The van der Waals surface area contributed by atoms with Gasteiger partial charge < -0.3 is 5.32 Å². The molecule has 0 spiro atoms. The first-order chi connectivity index (χ1) is 8.61. The maximum Gasteiger partial charge on any atom is 0.249 e. The van der Waals surface area contributed by atoms with E-state index in [0.29, 0.717) is 6.42 Å². The third kappa shape index (κ3) is 2.30. The van der Waals surface area contributed by atoms with E-state index in [9.17, 15) is 14.0 Å². The zero-order chi connectivity index (χ0) is 13.1. The van der Waals surface area contributed by atoms with Crippen LogP contribution in [0.3, 0.4) is 0 Å². The highest BCUT2D eigenvalue weighted by molar-refractivity contribution is 6.01. The summed E-state index contributed by atoms with van der Waals surface area (Å²) in [6.07, 6.45) is 0.548. The van der Waals surface area contributed by atoms with Gasteiger partial charge in [0.2, 0.25) is 11.8 Å². The summed E-state index contributed by atoms with van der Waals surface area (Å²) in [5.74, 6) is -1.42. The van der Waals surface area contributed by atoms with E-state index in [1.54, 1.807) is 6.07 Å². The van der Waals surface area contributed by atoms with Crippen LogP contribution in [-0.4, -0.2) is 17.9 Å². The normalized spacial score (nSPS) is 19.0. The van der Waals surface area contributed by atoms with Crippen molar-refractivity contribution in [2.75, 3.05) is 5.32 Å². The van der Waals surface area contributed by atoms with Gasteiger partial charge in [-0.25, -0.2) is 4.39 Å². The molecule has 1 unspecified atom stereocenters. The summed E-state index contributed by atoms with van der Waals surface area (Å²) in [6.45, 7) is 0. The van der Waals surface area contributed by atoms with Crippen LogP contribution < -0.4 is 10.6 Å². The quantitative estimate of drug-likeness (QED) is 0.761. The van der Waals surface area contributed by atoms with Gasteiger partial charge in [-0.15, -0.1) is 0 Å². The van der Waals surface area contributed by atoms with Crippen molar-refractivity contribution in [3.05, 3.63) is 29.6 Å². The number of imide groups is 1. The molecular formula is C12H10FN3O2. The molecule has 1 fully saturated rings. The maximum atomic E-state index is 13.3. The SMILES string of the molecule is N#Cc1c(F)cccc1NC1CCC(=O)NC1=O. The molecule has 0 bridgehead atoms. The van der Waals surface area contributed by atoms with Gasteiger partial charge in [0, 0.05) is 6.42 Å². The highest BCUT2D eigenvalue weighted by Crippen LogP contribution is 2.20. The lowest BCUT2D eigenvalue weighted by molar-refractivity contribution is -0.133. The van der Waals surface area contributed by atoms with Crippen molar-refractivity contribution >= 4 is 17.5 Å². The average Bonchev–Trinajstić information content (AvgIpc) is 2.33. The monoisotopic (exact) mass is 247 g/mol. The molecule has 0 saturated carbocycles. The molecule has 0 aliphatic carbocycles. The number of nitriles is 1. The predicted molar refractivity (Wildman–Crippen MR) is 60.9 cm³/mol. The van der Waals surface area contributed by atoms with Crippen molar-refractivity contribution in [2.45, 2.75) is 18.9 Å². The molecule has 5 nitrogen and oxygen atoms in total. The number of piperidine rings is 1. The smallest absolute Gasteiger partial charge is 0.249 e. The Morgan fingerprint density at radius 1 is 1.44 bits per heavy atom. The summed E-state index contributed by atoms with van der Waals surface area (Å²) in [7, 11) is 0. The van der Waals surface area contributed by atoms with E-state index in [1.807, 2.05) is 0 Å². The van der Waals surface area contributed by atoms with Crippen LogP contribution in [0.2, 0.25) is 0 Å². The minimum atomic E-state index is -0.644. The zero-order valence-corrected chi connectivity index (χ0v) is 9.37. The number of nitrogens with zero attached hydrogens (tertiary/aromatic N) is 1. The van der Waals surface area contributed by atoms with Gasteiger partial charge in [0.05, 0.1) is 5.69 Å². The van der Waals surface area contributed by atoms with E-state index in [1.165, 1.54) is 18.2 Å². The van der Waals surface area contributed by atoms with Gasteiger partial charge in [0.1, 0.15) is 23.5 Å². The van der Waals surface area contributed by atoms with Gasteiger partial charge >= 0.3 is 0 Å². The summed E-state index contributed by atoms with van der Waals surface area (Å²) in [6, 6.07) is 5.26. The molecule has 18 heavy (non-hydrogen) atoms. The topological polar surface area (TPSA) is 82.0 Å². The molecule has 2 amide bonds. The van der Waals surface area contributed by atoms with Gasteiger partial charge in [-0.05, 0) is 18.6 Å². The molecule has 2 rings (SSSR count). The first-order valence-electron chi connectivity index (χ1n) is 5.40. The molecule has 0 radical (unpaired) electrons. The number of halogens is 1. The van der Waals surface area contributed by atoms with Gasteiger partial charge in [-0.3, -0.25) is 14.9 Å². The van der Waals surface area contributed by atoms with E-state index in [0.717, 1.165) is 0 Å². The van der Waals surface area contributed by atoms with Crippen LogP contribution in [0.15, 0.2) is 18.2 Å².